The van der Waals surface area contributed by atoms with Crippen molar-refractivity contribution < 1.29 is 4.42 Å². The molecule has 6 heteroatoms. The number of hydrogen-bond acceptors (Lipinski definition) is 5. The van der Waals surface area contributed by atoms with Gasteiger partial charge in [0.25, 0.3) is 0 Å². The molecule has 2 heterocycles. The molecule has 18 heavy (non-hydrogen) atoms. The molecule has 0 atom stereocenters. The molecular formula is C12H18ClN3OS. The molecule has 2 aromatic rings. The van der Waals surface area contributed by atoms with Gasteiger partial charge in [-0.2, -0.15) is 0 Å². The molecule has 0 fully saturated rings. The van der Waals surface area contributed by atoms with E-state index in [1.807, 2.05) is 19.2 Å². The predicted molar refractivity (Wildman–Crippen MR) is 77.3 cm³/mol. The fourth-order valence-corrected chi connectivity index (χ4v) is 2.33. The quantitative estimate of drug-likeness (QED) is 0.886. The normalized spacial score (nSPS) is 10.6. The number of nitrogens with one attached hydrogen (secondary N) is 1. The summed E-state index contributed by atoms with van der Waals surface area (Å²) in [6.45, 7) is 2.88. The van der Waals surface area contributed by atoms with E-state index in [4.69, 9.17) is 4.42 Å². The van der Waals surface area contributed by atoms with Crippen LogP contribution in [0.5, 0.6) is 0 Å². The maximum absolute atomic E-state index is 5.33. The molecule has 0 aromatic carbocycles. The molecule has 0 aliphatic rings. The fraction of sp³-hybridized carbons (Fsp3) is 0.417. The van der Waals surface area contributed by atoms with Crippen molar-refractivity contribution in [2.45, 2.75) is 6.54 Å². The lowest BCUT2D eigenvalue weighted by Crippen LogP contribution is -2.27. The molecule has 0 saturated carbocycles. The molecule has 2 aromatic heterocycles. The molecule has 0 saturated heterocycles. The van der Waals surface area contributed by atoms with Crippen LogP contribution in [0.15, 0.2) is 28.2 Å². The molecule has 0 amide bonds. The molecule has 100 valence electrons. The standard InChI is InChI=1S/C12H17N3OS.ClH/c1-13-5-6-15(2)8-10-9-17-12(14-10)11-4-3-7-16-11;/h3-4,7,9,13H,5-6,8H2,1-2H3;1H. The molecule has 0 spiro atoms. The van der Waals surface area contributed by atoms with E-state index < -0.39 is 0 Å². The number of hydrogen-bond donors (Lipinski definition) is 1. The molecule has 0 bridgehead atoms. The fourth-order valence-electron chi connectivity index (χ4n) is 1.55. The average molecular weight is 288 g/mol. The zero-order valence-corrected chi connectivity index (χ0v) is 12.2. The van der Waals surface area contributed by atoms with Gasteiger partial charge in [0.05, 0.1) is 12.0 Å². The summed E-state index contributed by atoms with van der Waals surface area (Å²) in [6, 6.07) is 3.82. The first-order valence-electron chi connectivity index (χ1n) is 5.61. The Morgan fingerprint density at radius 2 is 2.33 bits per heavy atom. The molecule has 1 N–H and O–H groups in total. The summed E-state index contributed by atoms with van der Waals surface area (Å²) >= 11 is 1.63. The topological polar surface area (TPSA) is 41.3 Å². The maximum Gasteiger partial charge on any atom is 0.162 e. The number of aromatic nitrogens is 1. The van der Waals surface area contributed by atoms with Crippen LogP contribution < -0.4 is 5.32 Å². The van der Waals surface area contributed by atoms with Gasteiger partial charge in [-0.15, -0.1) is 23.7 Å². The van der Waals surface area contributed by atoms with Crippen molar-refractivity contribution in [2.24, 2.45) is 0 Å². The summed E-state index contributed by atoms with van der Waals surface area (Å²) in [6.07, 6.45) is 1.68. The Bertz CT molecular complexity index is 444. The lowest BCUT2D eigenvalue weighted by molar-refractivity contribution is 0.325. The van der Waals surface area contributed by atoms with Crippen molar-refractivity contribution in [3.8, 4) is 10.8 Å². The lowest BCUT2D eigenvalue weighted by Gasteiger charge is -2.14. The number of nitrogens with zero attached hydrogens (tertiary/aromatic N) is 2. The number of furan rings is 1. The van der Waals surface area contributed by atoms with Crippen molar-refractivity contribution in [3.05, 3.63) is 29.5 Å². The van der Waals surface area contributed by atoms with Crippen molar-refractivity contribution in [3.63, 3.8) is 0 Å². The van der Waals surface area contributed by atoms with Gasteiger partial charge in [-0.1, -0.05) is 0 Å². The zero-order valence-electron chi connectivity index (χ0n) is 10.5. The minimum absolute atomic E-state index is 0. The number of likely N-dealkylation sites (N-methyl/N-ethyl adjacent to an activating group) is 2. The highest BCUT2D eigenvalue weighted by atomic mass is 35.5. The lowest BCUT2D eigenvalue weighted by atomic mass is 10.4. The first kappa shape index (κ1) is 15.2. The van der Waals surface area contributed by atoms with E-state index in [1.165, 1.54) is 0 Å². The SMILES string of the molecule is CNCCN(C)Cc1csc(-c2ccco2)n1.Cl. The van der Waals surface area contributed by atoms with Crippen molar-refractivity contribution in [1.82, 2.24) is 15.2 Å². The Morgan fingerprint density at radius 1 is 1.50 bits per heavy atom. The van der Waals surface area contributed by atoms with E-state index in [9.17, 15) is 0 Å². The Morgan fingerprint density at radius 3 is 3.00 bits per heavy atom. The molecule has 4 nitrogen and oxygen atoms in total. The van der Waals surface area contributed by atoms with Gasteiger partial charge in [0, 0.05) is 25.0 Å². The smallest absolute Gasteiger partial charge is 0.162 e. The Labute approximate surface area is 117 Å². The number of thiazole rings is 1. The summed E-state index contributed by atoms with van der Waals surface area (Å²) in [5.41, 5.74) is 1.10. The first-order valence-corrected chi connectivity index (χ1v) is 6.49. The highest BCUT2D eigenvalue weighted by molar-refractivity contribution is 7.13. The van der Waals surface area contributed by atoms with Gasteiger partial charge in [-0.05, 0) is 26.2 Å². The second-order valence-electron chi connectivity index (χ2n) is 3.96. The van der Waals surface area contributed by atoms with Crippen LogP contribution in [0.25, 0.3) is 10.8 Å². The third kappa shape index (κ3) is 4.10. The summed E-state index contributed by atoms with van der Waals surface area (Å²) in [5.74, 6) is 0.846. The second kappa shape index (κ2) is 7.53. The zero-order chi connectivity index (χ0) is 12.1. The van der Waals surface area contributed by atoms with Crippen molar-refractivity contribution in [2.75, 3.05) is 27.2 Å². The van der Waals surface area contributed by atoms with Gasteiger partial charge in [0.2, 0.25) is 0 Å². The molecule has 0 aliphatic carbocycles. The molecule has 2 rings (SSSR count). The highest BCUT2D eigenvalue weighted by Crippen LogP contribution is 2.24. The van der Waals surface area contributed by atoms with Gasteiger partial charge < -0.3 is 9.73 Å². The van der Waals surface area contributed by atoms with E-state index in [-0.39, 0.29) is 12.4 Å². The number of rotatable bonds is 6. The first-order chi connectivity index (χ1) is 8.29. The highest BCUT2D eigenvalue weighted by Gasteiger charge is 2.08. The van der Waals surface area contributed by atoms with E-state index in [0.717, 1.165) is 36.1 Å². The maximum atomic E-state index is 5.33. The minimum Gasteiger partial charge on any atom is -0.462 e. The van der Waals surface area contributed by atoms with Gasteiger partial charge >= 0.3 is 0 Å². The van der Waals surface area contributed by atoms with Crippen LogP contribution in [0.4, 0.5) is 0 Å². The average Bonchev–Trinajstić information content (AvgIpc) is 2.95. The van der Waals surface area contributed by atoms with E-state index >= 15 is 0 Å². The summed E-state index contributed by atoms with van der Waals surface area (Å²) in [7, 11) is 4.06. The van der Waals surface area contributed by atoms with Gasteiger partial charge in [0.1, 0.15) is 0 Å². The third-order valence-electron chi connectivity index (χ3n) is 2.46. The minimum atomic E-state index is 0. The van der Waals surface area contributed by atoms with Crippen LogP contribution in [0, 0.1) is 0 Å². The van der Waals surface area contributed by atoms with E-state index in [0.29, 0.717) is 0 Å². The summed E-state index contributed by atoms with van der Waals surface area (Å²) < 4.78 is 5.33. The third-order valence-corrected chi connectivity index (χ3v) is 3.36. The van der Waals surface area contributed by atoms with Crippen LogP contribution in [-0.2, 0) is 6.54 Å². The summed E-state index contributed by atoms with van der Waals surface area (Å²) in [5, 5.41) is 6.18. The van der Waals surface area contributed by atoms with Crippen molar-refractivity contribution >= 4 is 23.7 Å². The Balaban J connectivity index is 0.00000162. The molecular weight excluding hydrogens is 270 g/mol. The Hall–Kier alpha value is -0.880. The van der Waals surface area contributed by atoms with Crippen molar-refractivity contribution in [1.29, 1.82) is 0 Å². The van der Waals surface area contributed by atoms with Crippen LogP contribution in [0.1, 0.15) is 5.69 Å². The van der Waals surface area contributed by atoms with Crippen LogP contribution in [0.2, 0.25) is 0 Å². The number of halogens is 1. The van der Waals surface area contributed by atoms with Crippen LogP contribution in [0.3, 0.4) is 0 Å². The largest absolute Gasteiger partial charge is 0.462 e. The molecule has 0 radical (unpaired) electrons. The molecule has 0 aliphatic heterocycles. The van der Waals surface area contributed by atoms with E-state index in [1.54, 1.807) is 17.6 Å². The van der Waals surface area contributed by atoms with E-state index in [2.05, 4.69) is 27.6 Å². The van der Waals surface area contributed by atoms with Crippen LogP contribution >= 0.6 is 23.7 Å². The summed E-state index contributed by atoms with van der Waals surface area (Å²) in [4.78, 5) is 6.81. The Kier molecular flexibility index (Phi) is 6.35. The van der Waals surface area contributed by atoms with Gasteiger partial charge in [-0.25, -0.2) is 4.98 Å². The predicted octanol–water partition coefficient (Wildman–Crippen LogP) is 2.48. The van der Waals surface area contributed by atoms with Crippen LogP contribution in [-0.4, -0.2) is 37.1 Å². The van der Waals surface area contributed by atoms with Gasteiger partial charge in [-0.3, -0.25) is 4.90 Å². The second-order valence-corrected chi connectivity index (χ2v) is 4.82. The molecule has 0 unspecified atom stereocenters. The monoisotopic (exact) mass is 287 g/mol. The van der Waals surface area contributed by atoms with Gasteiger partial charge in [0.15, 0.2) is 10.8 Å².